The fourth-order valence-corrected chi connectivity index (χ4v) is 5.10. The summed E-state index contributed by atoms with van der Waals surface area (Å²) in [6, 6.07) is 10.6. The Bertz CT molecular complexity index is 1180. The van der Waals surface area contributed by atoms with Crippen molar-refractivity contribution in [3.63, 3.8) is 0 Å². The third-order valence-electron chi connectivity index (χ3n) is 5.33. The van der Waals surface area contributed by atoms with Crippen molar-refractivity contribution in [2.24, 2.45) is 4.99 Å². The molecule has 4 rings (SSSR count). The van der Waals surface area contributed by atoms with Crippen LogP contribution in [0.1, 0.15) is 37.9 Å². The second kappa shape index (κ2) is 10.8. The maximum absolute atomic E-state index is 12.9. The van der Waals surface area contributed by atoms with Crippen molar-refractivity contribution in [3.8, 4) is 11.5 Å². The summed E-state index contributed by atoms with van der Waals surface area (Å²) < 4.78 is 17.3. The smallest absolute Gasteiger partial charge is 0.338 e. The van der Waals surface area contributed by atoms with Crippen molar-refractivity contribution in [2.45, 2.75) is 33.4 Å². The summed E-state index contributed by atoms with van der Waals surface area (Å²) in [4.78, 5) is 19.5. The van der Waals surface area contributed by atoms with Crippen molar-refractivity contribution in [1.29, 1.82) is 0 Å². The zero-order chi connectivity index (χ0) is 24.2. The summed E-state index contributed by atoms with van der Waals surface area (Å²) in [7, 11) is 0. The lowest BCUT2D eigenvalue weighted by Gasteiger charge is -2.33. The Morgan fingerprint density at radius 2 is 1.85 bits per heavy atom. The van der Waals surface area contributed by atoms with Gasteiger partial charge in [0.1, 0.15) is 6.61 Å². The molecule has 1 atom stereocenters. The topological polar surface area (TPSA) is 60.4 Å². The minimum absolute atomic E-state index is 0.191. The number of hydrogen-bond donors (Lipinski definition) is 0. The van der Waals surface area contributed by atoms with Gasteiger partial charge in [-0.1, -0.05) is 47.1 Å². The van der Waals surface area contributed by atoms with Crippen molar-refractivity contribution in [1.82, 2.24) is 4.90 Å². The van der Waals surface area contributed by atoms with E-state index in [2.05, 4.69) is 4.99 Å². The monoisotopic (exact) mass is 518 g/mol. The number of hydrogen-bond acceptors (Lipinski definition) is 7. The summed E-state index contributed by atoms with van der Waals surface area (Å²) in [6.45, 7) is 6.44. The van der Waals surface area contributed by atoms with Crippen LogP contribution in [0.3, 0.4) is 0 Å². The predicted octanol–water partition coefficient (Wildman–Crippen LogP) is 6.74. The van der Waals surface area contributed by atoms with E-state index in [0.717, 1.165) is 10.7 Å². The number of esters is 1. The van der Waals surface area contributed by atoms with Gasteiger partial charge >= 0.3 is 5.97 Å². The lowest BCUT2D eigenvalue weighted by atomic mass is 9.94. The standard InChI is InChI=1S/C25H24Cl2N2O4S/c1-4-31-21-13-16(9-10-20(21)33-14-17-18(26)7-6-8-19(17)27)23-22(24(30)32-5-2)15(3)28-25-29(23)11-12-34-25/h6-13,23H,4-5,14H2,1-3H3/t23-/m1/s1. The SMILES string of the molecule is CCOC(=O)C1=C(C)N=C2SC=CN2[C@@H]1c1ccc(OCc2c(Cl)cccc2Cl)c(OCC)c1. The molecule has 34 heavy (non-hydrogen) atoms. The van der Waals surface area contributed by atoms with Crippen LogP contribution in [0.4, 0.5) is 0 Å². The number of nitrogens with zero attached hydrogens (tertiary/aromatic N) is 2. The highest BCUT2D eigenvalue weighted by Crippen LogP contribution is 2.43. The maximum atomic E-state index is 12.9. The van der Waals surface area contributed by atoms with Crippen molar-refractivity contribution in [2.75, 3.05) is 13.2 Å². The van der Waals surface area contributed by atoms with E-state index in [1.165, 1.54) is 11.8 Å². The molecule has 0 unspecified atom stereocenters. The van der Waals surface area contributed by atoms with E-state index in [0.29, 0.717) is 45.0 Å². The molecule has 2 aromatic carbocycles. The van der Waals surface area contributed by atoms with Gasteiger partial charge in [-0.2, -0.15) is 0 Å². The van der Waals surface area contributed by atoms with E-state index in [4.69, 9.17) is 37.4 Å². The van der Waals surface area contributed by atoms with Gasteiger partial charge in [0.05, 0.1) is 30.5 Å². The number of thioether (sulfide) groups is 1. The number of carbonyl (C=O) groups excluding carboxylic acids is 1. The average molecular weight is 519 g/mol. The van der Waals surface area contributed by atoms with Crippen LogP contribution >= 0.6 is 35.0 Å². The van der Waals surface area contributed by atoms with Crippen LogP contribution in [0, 0.1) is 0 Å². The van der Waals surface area contributed by atoms with Crippen LogP contribution in [-0.2, 0) is 16.1 Å². The number of benzene rings is 2. The zero-order valence-corrected chi connectivity index (χ0v) is 21.3. The molecule has 0 bridgehead atoms. The van der Waals surface area contributed by atoms with E-state index < -0.39 is 6.04 Å². The van der Waals surface area contributed by atoms with Gasteiger partial charge < -0.3 is 19.1 Å². The highest BCUT2D eigenvalue weighted by atomic mass is 35.5. The Morgan fingerprint density at radius 1 is 1.09 bits per heavy atom. The molecule has 2 aromatic rings. The Balaban J connectivity index is 1.69. The molecule has 178 valence electrons. The number of halogens is 2. The molecule has 2 aliphatic heterocycles. The van der Waals surface area contributed by atoms with Crippen molar-refractivity contribution >= 4 is 46.1 Å². The van der Waals surface area contributed by atoms with Gasteiger partial charge in [-0.05, 0) is 56.0 Å². The van der Waals surface area contributed by atoms with E-state index in [-0.39, 0.29) is 19.2 Å². The largest absolute Gasteiger partial charge is 0.490 e. The number of fused-ring (bicyclic) bond motifs is 1. The number of aliphatic imine (C=N–C) groups is 1. The van der Waals surface area contributed by atoms with Crippen LogP contribution in [0.15, 0.2) is 64.3 Å². The van der Waals surface area contributed by atoms with Gasteiger partial charge in [0.15, 0.2) is 16.7 Å². The van der Waals surface area contributed by atoms with Crippen LogP contribution in [0.25, 0.3) is 0 Å². The zero-order valence-electron chi connectivity index (χ0n) is 19.0. The normalized spacial score (nSPS) is 16.9. The number of carbonyl (C=O) groups is 1. The van der Waals surface area contributed by atoms with Gasteiger partial charge in [-0.3, -0.25) is 0 Å². The van der Waals surface area contributed by atoms with Crippen LogP contribution in [-0.4, -0.2) is 29.3 Å². The van der Waals surface area contributed by atoms with E-state index in [9.17, 15) is 4.79 Å². The molecule has 0 saturated carbocycles. The van der Waals surface area contributed by atoms with E-state index >= 15 is 0 Å². The van der Waals surface area contributed by atoms with Crippen LogP contribution < -0.4 is 9.47 Å². The van der Waals surface area contributed by atoms with Gasteiger partial charge in [0.2, 0.25) is 0 Å². The van der Waals surface area contributed by atoms with Gasteiger partial charge in [-0.25, -0.2) is 9.79 Å². The van der Waals surface area contributed by atoms with Crippen LogP contribution in [0.5, 0.6) is 11.5 Å². The molecular weight excluding hydrogens is 495 g/mol. The van der Waals surface area contributed by atoms with E-state index in [1.54, 1.807) is 25.1 Å². The summed E-state index contributed by atoms with van der Waals surface area (Å²) in [6.07, 6.45) is 1.92. The molecule has 6 nitrogen and oxygen atoms in total. The highest BCUT2D eigenvalue weighted by Gasteiger charge is 2.37. The molecular formula is C25H24Cl2N2O4S. The first-order chi connectivity index (χ1) is 16.4. The lowest BCUT2D eigenvalue weighted by molar-refractivity contribution is -0.139. The Hall–Kier alpha value is -2.61. The molecule has 2 aliphatic rings. The molecule has 9 heteroatoms. The van der Waals surface area contributed by atoms with E-state index in [1.807, 2.05) is 48.6 Å². The second-order valence-electron chi connectivity index (χ2n) is 7.45. The molecule has 0 aromatic heterocycles. The van der Waals surface area contributed by atoms with Crippen LogP contribution in [0.2, 0.25) is 10.0 Å². The summed E-state index contributed by atoms with van der Waals surface area (Å²) in [5, 5.41) is 3.83. The highest BCUT2D eigenvalue weighted by molar-refractivity contribution is 8.16. The Kier molecular flexibility index (Phi) is 7.76. The van der Waals surface area contributed by atoms with Crippen molar-refractivity contribution < 1.29 is 19.0 Å². The third kappa shape index (κ3) is 4.92. The average Bonchev–Trinajstić information content (AvgIpc) is 3.27. The Morgan fingerprint density at radius 3 is 2.56 bits per heavy atom. The van der Waals surface area contributed by atoms with Gasteiger partial charge in [0.25, 0.3) is 0 Å². The molecule has 0 fully saturated rings. The number of amidine groups is 1. The summed E-state index contributed by atoms with van der Waals surface area (Å²) in [5.74, 6) is 0.727. The predicted molar refractivity (Wildman–Crippen MR) is 136 cm³/mol. The minimum atomic E-state index is -0.399. The fourth-order valence-electron chi connectivity index (χ4n) is 3.80. The third-order valence-corrected chi connectivity index (χ3v) is 6.81. The molecule has 0 aliphatic carbocycles. The quantitative estimate of drug-likeness (QED) is 0.360. The lowest BCUT2D eigenvalue weighted by Crippen LogP contribution is -2.34. The first-order valence-electron chi connectivity index (χ1n) is 10.8. The molecule has 2 heterocycles. The molecule has 0 radical (unpaired) electrons. The molecule has 0 N–H and O–H groups in total. The minimum Gasteiger partial charge on any atom is -0.490 e. The summed E-state index contributed by atoms with van der Waals surface area (Å²) >= 11 is 14.1. The maximum Gasteiger partial charge on any atom is 0.338 e. The van der Waals surface area contributed by atoms with Crippen molar-refractivity contribution in [3.05, 3.63) is 80.4 Å². The number of ether oxygens (including phenoxy) is 3. The Labute approximate surface area is 213 Å². The first-order valence-corrected chi connectivity index (χ1v) is 12.5. The molecule has 0 spiro atoms. The first kappa shape index (κ1) is 24.5. The summed E-state index contributed by atoms with van der Waals surface area (Å²) in [5.41, 5.74) is 2.69. The molecule has 0 saturated heterocycles. The van der Waals surface area contributed by atoms with Gasteiger partial charge in [0, 0.05) is 21.8 Å². The fraction of sp³-hybridized carbons (Fsp3) is 0.280. The number of allylic oxidation sites excluding steroid dienone is 1. The second-order valence-corrected chi connectivity index (χ2v) is 9.14. The van der Waals surface area contributed by atoms with Gasteiger partial charge in [-0.15, -0.1) is 0 Å². The molecule has 0 amide bonds. The number of rotatable bonds is 8.